The van der Waals surface area contributed by atoms with Gasteiger partial charge in [-0.25, -0.2) is 0 Å². The van der Waals surface area contributed by atoms with E-state index in [1.54, 1.807) is 0 Å². The molecule has 104 valence electrons. The van der Waals surface area contributed by atoms with Crippen LogP contribution in [0.1, 0.15) is 40.3 Å². The Kier molecular flexibility index (Phi) is 3.86. The minimum Gasteiger partial charge on any atom is -0.271 e. The van der Waals surface area contributed by atoms with Crippen LogP contribution in [0.4, 0.5) is 0 Å². The molecule has 1 aliphatic carbocycles. The number of nitrogens with one attached hydrogen (secondary N) is 1. The molecule has 0 amide bonds. The van der Waals surface area contributed by atoms with Gasteiger partial charge in [0.2, 0.25) is 0 Å². The van der Waals surface area contributed by atoms with E-state index in [2.05, 4.69) is 54.8 Å². The molecule has 0 radical (unpaired) electrons. The second kappa shape index (κ2) is 5.78. The maximum atomic E-state index is 5.77. The van der Waals surface area contributed by atoms with Crippen molar-refractivity contribution in [3.63, 3.8) is 0 Å². The van der Waals surface area contributed by atoms with Crippen LogP contribution in [0.15, 0.2) is 42.5 Å². The number of hydrogen-bond acceptors (Lipinski definition) is 2. The summed E-state index contributed by atoms with van der Waals surface area (Å²) in [6.45, 7) is 2.12. The van der Waals surface area contributed by atoms with Crippen LogP contribution in [0.3, 0.4) is 0 Å². The van der Waals surface area contributed by atoms with Crippen molar-refractivity contribution in [2.75, 3.05) is 0 Å². The Morgan fingerprint density at radius 1 is 1.10 bits per heavy atom. The van der Waals surface area contributed by atoms with Crippen LogP contribution in [0.25, 0.3) is 0 Å². The fraction of sp³-hybridized carbons (Fsp3) is 0.333. The first-order chi connectivity index (χ1) is 9.76. The van der Waals surface area contributed by atoms with E-state index in [0.29, 0.717) is 0 Å². The smallest absolute Gasteiger partial charge is 0.0500 e. The number of rotatable bonds is 4. The van der Waals surface area contributed by atoms with Gasteiger partial charge >= 0.3 is 0 Å². The second-order valence-electron chi connectivity index (χ2n) is 5.79. The average molecular weight is 266 g/mol. The Bertz CT molecular complexity index is 604. The molecule has 0 fully saturated rings. The molecule has 0 heterocycles. The van der Waals surface area contributed by atoms with Crippen molar-refractivity contribution in [2.45, 2.75) is 38.6 Å². The van der Waals surface area contributed by atoms with Crippen LogP contribution >= 0.6 is 0 Å². The van der Waals surface area contributed by atoms with E-state index in [-0.39, 0.29) is 6.04 Å². The molecule has 3 N–H and O–H groups in total. The molecule has 1 atom stereocenters. The number of hydrogen-bond donors (Lipinski definition) is 2. The van der Waals surface area contributed by atoms with Crippen LogP contribution < -0.4 is 11.3 Å². The summed E-state index contributed by atoms with van der Waals surface area (Å²) < 4.78 is 0. The lowest BCUT2D eigenvalue weighted by Gasteiger charge is -2.17. The zero-order valence-electron chi connectivity index (χ0n) is 12.0. The van der Waals surface area contributed by atoms with Gasteiger partial charge < -0.3 is 0 Å². The lowest BCUT2D eigenvalue weighted by atomic mass is 9.96. The number of fused-ring (bicyclic) bond motifs is 1. The Balaban J connectivity index is 1.81. The largest absolute Gasteiger partial charge is 0.271 e. The van der Waals surface area contributed by atoms with Gasteiger partial charge in [-0.05, 0) is 54.9 Å². The molecular formula is C18H22N2. The van der Waals surface area contributed by atoms with Gasteiger partial charge in [0, 0.05) is 6.04 Å². The summed E-state index contributed by atoms with van der Waals surface area (Å²) in [6.07, 6.45) is 4.71. The first-order valence-corrected chi connectivity index (χ1v) is 7.39. The van der Waals surface area contributed by atoms with Crippen molar-refractivity contribution in [1.29, 1.82) is 0 Å². The maximum absolute atomic E-state index is 5.77. The predicted molar refractivity (Wildman–Crippen MR) is 83.4 cm³/mol. The molecule has 0 bridgehead atoms. The van der Waals surface area contributed by atoms with E-state index in [9.17, 15) is 0 Å². The summed E-state index contributed by atoms with van der Waals surface area (Å²) in [6, 6.07) is 15.6. The predicted octanol–water partition coefficient (Wildman–Crippen LogP) is 3.23. The monoisotopic (exact) mass is 266 g/mol. The van der Waals surface area contributed by atoms with Crippen LogP contribution in [-0.2, 0) is 19.3 Å². The van der Waals surface area contributed by atoms with Crippen LogP contribution in [0, 0.1) is 6.92 Å². The first kappa shape index (κ1) is 13.3. The van der Waals surface area contributed by atoms with E-state index < -0.39 is 0 Å². The van der Waals surface area contributed by atoms with Crippen LogP contribution in [0.5, 0.6) is 0 Å². The molecule has 0 aromatic heterocycles. The first-order valence-electron chi connectivity index (χ1n) is 7.39. The summed E-state index contributed by atoms with van der Waals surface area (Å²) in [5.74, 6) is 5.77. The highest BCUT2D eigenvalue weighted by Crippen LogP contribution is 2.25. The fourth-order valence-electron chi connectivity index (χ4n) is 3.15. The average Bonchev–Trinajstić information content (AvgIpc) is 2.92. The van der Waals surface area contributed by atoms with Crippen molar-refractivity contribution >= 4 is 0 Å². The summed E-state index contributed by atoms with van der Waals surface area (Å²) in [4.78, 5) is 0. The molecular weight excluding hydrogens is 244 g/mol. The number of aryl methyl sites for hydroxylation is 3. The highest BCUT2D eigenvalue weighted by atomic mass is 15.2. The van der Waals surface area contributed by atoms with E-state index in [1.807, 2.05) is 0 Å². The number of benzene rings is 2. The second-order valence-corrected chi connectivity index (χ2v) is 5.79. The minimum atomic E-state index is 0.175. The lowest BCUT2D eigenvalue weighted by Crippen LogP contribution is -2.29. The molecule has 20 heavy (non-hydrogen) atoms. The highest BCUT2D eigenvalue weighted by Gasteiger charge is 2.14. The number of nitrogens with two attached hydrogens (primary N) is 1. The van der Waals surface area contributed by atoms with E-state index in [4.69, 9.17) is 5.84 Å². The van der Waals surface area contributed by atoms with Gasteiger partial charge in [0.1, 0.15) is 0 Å². The van der Waals surface area contributed by atoms with Crippen molar-refractivity contribution in [3.05, 3.63) is 70.3 Å². The third-order valence-electron chi connectivity index (χ3n) is 4.25. The van der Waals surface area contributed by atoms with Gasteiger partial charge in [-0.1, -0.05) is 48.0 Å². The standard InChI is InChI=1S/C18H22N2/c1-13-4-2-7-17(10-13)18(20-19)12-14-8-9-15-5-3-6-16(15)11-14/h2,4,7-11,18,20H,3,5-6,12,19H2,1H3. The zero-order valence-corrected chi connectivity index (χ0v) is 12.0. The summed E-state index contributed by atoms with van der Waals surface area (Å²) in [7, 11) is 0. The quantitative estimate of drug-likeness (QED) is 0.658. The van der Waals surface area contributed by atoms with Crippen molar-refractivity contribution in [3.8, 4) is 0 Å². The molecule has 0 spiro atoms. The van der Waals surface area contributed by atoms with Crippen LogP contribution in [-0.4, -0.2) is 0 Å². The molecule has 0 aliphatic heterocycles. The Morgan fingerprint density at radius 2 is 1.95 bits per heavy atom. The molecule has 2 nitrogen and oxygen atoms in total. The van der Waals surface area contributed by atoms with E-state index >= 15 is 0 Å². The Labute approximate surface area is 121 Å². The molecule has 3 rings (SSSR count). The molecule has 2 aromatic rings. The van der Waals surface area contributed by atoms with Gasteiger partial charge in [-0.15, -0.1) is 0 Å². The molecule has 1 aliphatic rings. The molecule has 2 aromatic carbocycles. The molecule has 0 saturated heterocycles. The van der Waals surface area contributed by atoms with Crippen molar-refractivity contribution < 1.29 is 0 Å². The van der Waals surface area contributed by atoms with Gasteiger partial charge in [-0.3, -0.25) is 11.3 Å². The van der Waals surface area contributed by atoms with Crippen LogP contribution in [0.2, 0.25) is 0 Å². The number of hydrazine groups is 1. The summed E-state index contributed by atoms with van der Waals surface area (Å²) in [5, 5.41) is 0. The maximum Gasteiger partial charge on any atom is 0.0500 e. The fourth-order valence-corrected chi connectivity index (χ4v) is 3.15. The van der Waals surface area contributed by atoms with Gasteiger partial charge in [0.05, 0.1) is 0 Å². The van der Waals surface area contributed by atoms with Gasteiger partial charge in [0.25, 0.3) is 0 Å². The molecule has 1 unspecified atom stereocenters. The Hall–Kier alpha value is -1.64. The van der Waals surface area contributed by atoms with E-state index in [1.165, 1.54) is 47.1 Å². The van der Waals surface area contributed by atoms with Gasteiger partial charge in [-0.2, -0.15) is 0 Å². The summed E-state index contributed by atoms with van der Waals surface area (Å²) >= 11 is 0. The molecule has 2 heteroatoms. The third-order valence-corrected chi connectivity index (χ3v) is 4.25. The summed E-state index contributed by atoms with van der Waals surface area (Å²) in [5.41, 5.74) is 9.92. The highest BCUT2D eigenvalue weighted by molar-refractivity contribution is 5.36. The lowest BCUT2D eigenvalue weighted by molar-refractivity contribution is 0.551. The Morgan fingerprint density at radius 3 is 2.75 bits per heavy atom. The van der Waals surface area contributed by atoms with Crippen molar-refractivity contribution in [2.24, 2.45) is 5.84 Å². The normalized spacial score (nSPS) is 15.1. The van der Waals surface area contributed by atoms with E-state index in [0.717, 1.165) is 6.42 Å². The zero-order chi connectivity index (χ0) is 13.9. The SMILES string of the molecule is Cc1cccc(C(Cc2ccc3c(c2)CCC3)NN)c1. The third kappa shape index (κ3) is 2.77. The van der Waals surface area contributed by atoms with Gasteiger partial charge in [0.15, 0.2) is 0 Å². The minimum absolute atomic E-state index is 0.175. The topological polar surface area (TPSA) is 38.0 Å². The molecule has 0 saturated carbocycles. The van der Waals surface area contributed by atoms with Crippen molar-refractivity contribution in [1.82, 2.24) is 5.43 Å².